The molecule has 0 saturated carbocycles. The lowest BCUT2D eigenvalue weighted by Crippen LogP contribution is -2.28. The molecule has 4 heteroatoms. The average Bonchev–Trinajstić information content (AvgIpc) is 2.32. The fourth-order valence-corrected chi connectivity index (χ4v) is 1.25. The highest BCUT2D eigenvalue weighted by atomic mass is 19.4. The zero-order chi connectivity index (χ0) is 8.48. The van der Waals surface area contributed by atoms with Crippen molar-refractivity contribution in [3.8, 4) is 0 Å². The number of rotatable bonds is 1. The molecule has 11 heavy (non-hydrogen) atoms. The molecule has 1 nitrogen and oxygen atoms in total. The van der Waals surface area contributed by atoms with Crippen LogP contribution in [-0.4, -0.2) is 18.4 Å². The molecule has 0 bridgehead atoms. The number of halogens is 3. The second-order valence-electron chi connectivity index (χ2n) is 2.77. The molecule has 1 saturated heterocycles. The highest BCUT2D eigenvalue weighted by Crippen LogP contribution is 2.33. The molecule has 0 spiro atoms. The molecule has 1 aliphatic heterocycles. The van der Waals surface area contributed by atoms with Crippen LogP contribution in [-0.2, 0) is 4.74 Å². The summed E-state index contributed by atoms with van der Waals surface area (Å²) in [6.45, 7) is 1.84. The van der Waals surface area contributed by atoms with Crippen molar-refractivity contribution in [2.24, 2.45) is 0 Å². The lowest BCUT2D eigenvalue weighted by atomic mass is 10.1. The third-order valence-electron chi connectivity index (χ3n) is 1.93. The molecule has 1 rings (SSSR count). The average molecular weight is 168 g/mol. The first-order chi connectivity index (χ1) is 5.04. The molecule has 1 aliphatic rings. The van der Waals surface area contributed by atoms with Gasteiger partial charge in [-0.3, -0.25) is 0 Å². The normalized spacial score (nSPS) is 32.7. The predicted octanol–water partition coefficient (Wildman–Crippen LogP) is 2.51. The SMILES string of the molecule is CCC1CCC(C(F)(F)F)O1. The summed E-state index contributed by atoms with van der Waals surface area (Å²) < 4.78 is 40.6. The van der Waals surface area contributed by atoms with E-state index in [2.05, 4.69) is 0 Å². The molecule has 1 heterocycles. The summed E-state index contributed by atoms with van der Waals surface area (Å²) >= 11 is 0. The van der Waals surface area contributed by atoms with Crippen LogP contribution in [0, 0.1) is 0 Å². The highest BCUT2D eigenvalue weighted by molar-refractivity contribution is 4.77. The summed E-state index contributed by atoms with van der Waals surface area (Å²) in [5.74, 6) is 0. The van der Waals surface area contributed by atoms with Crippen molar-refractivity contribution < 1.29 is 17.9 Å². The minimum atomic E-state index is -4.16. The molecule has 1 fully saturated rings. The third kappa shape index (κ3) is 2.09. The first-order valence-electron chi connectivity index (χ1n) is 3.76. The molecule has 0 aromatic heterocycles. The van der Waals surface area contributed by atoms with E-state index in [1.165, 1.54) is 0 Å². The molecular weight excluding hydrogens is 157 g/mol. The van der Waals surface area contributed by atoms with E-state index in [0.717, 1.165) is 0 Å². The molecule has 0 amide bonds. The maximum atomic E-state index is 11.9. The first kappa shape index (κ1) is 8.84. The van der Waals surface area contributed by atoms with Gasteiger partial charge in [-0.1, -0.05) is 6.92 Å². The number of hydrogen-bond donors (Lipinski definition) is 0. The quantitative estimate of drug-likeness (QED) is 0.584. The van der Waals surface area contributed by atoms with Crippen molar-refractivity contribution in [1.29, 1.82) is 0 Å². The van der Waals surface area contributed by atoms with E-state index in [4.69, 9.17) is 4.74 Å². The largest absolute Gasteiger partial charge is 0.414 e. The lowest BCUT2D eigenvalue weighted by molar-refractivity contribution is -0.214. The van der Waals surface area contributed by atoms with Gasteiger partial charge in [0.2, 0.25) is 0 Å². The smallest absolute Gasteiger partial charge is 0.366 e. The van der Waals surface area contributed by atoms with Crippen LogP contribution in [0.4, 0.5) is 13.2 Å². The zero-order valence-corrected chi connectivity index (χ0v) is 6.32. The van der Waals surface area contributed by atoms with E-state index in [0.29, 0.717) is 12.8 Å². The van der Waals surface area contributed by atoms with Gasteiger partial charge in [0, 0.05) is 0 Å². The fourth-order valence-electron chi connectivity index (χ4n) is 1.25. The van der Waals surface area contributed by atoms with Gasteiger partial charge in [0.15, 0.2) is 6.10 Å². The van der Waals surface area contributed by atoms with Gasteiger partial charge in [0.1, 0.15) is 0 Å². The Labute approximate surface area is 63.5 Å². The zero-order valence-electron chi connectivity index (χ0n) is 6.32. The van der Waals surface area contributed by atoms with Gasteiger partial charge in [0.25, 0.3) is 0 Å². The van der Waals surface area contributed by atoms with Crippen LogP contribution >= 0.6 is 0 Å². The van der Waals surface area contributed by atoms with Crippen LogP contribution in [0.1, 0.15) is 26.2 Å². The highest BCUT2D eigenvalue weighted by Gasteiger charge is 2.44. The Bertz CT molecular complexity index is 132. The third-order valence-corrected chi connectivity index (χ3v) is 1.93. The van der Waals surface area contributed by atoms with Gasteiger partial charge < -0.3 is 4.74 Å². The second kappa shape index (κ2) is 3.01. The maximum Gasteiger partial charge on any atom is 0.414 e. The van der Waals surface area contributed by atoms with Crippen molar-refractivity contribution in [1.82, 2.24) is 0 Å². The van der Waals surface area contributed by atoms with E-state index in [9.17, 15) is 13.2 Å². The standard InChI is InChI=1S/C7H11F3O/c1-2-5-3-4-6(11-5)7(8,9)10/h5-6H,2-4H2,1H3. The van der Waals surface area contributed by atoms with E-state index < -0.39 is 12.3 Å². The Morgan fingerprint density at radius 2 is 2.00 bits per heavy atom. The Morgan fingerprint density at radius 3 is 2.27 bits per heavy atom. The summed E-state index contributed by atoms with van der Waals surface area (Å²) in [6, 6.07) is 0. The fraction of sp³-hybridized carbons (Fsp3) is 1.00. The molecule has 0 aromatic rings. The van der Waals surface area contributed by atoms with Crippen molar-refractivity contribution in [2.45, 2.75) is 44.6 Å². The van der Waals surface area contributed by atoms with Gasteiger partial charge in [-0.25, -0.2) is 0 Å². The molecule has 0 N–H and O–H groups in total. The molecule has 2 unspecified atom stereocenters. The van der Waals surface area contributed by atoms with E-state index in [-0.39, 0.29) is 12.5 Å². The van der Waals surface area contributed by atoms with Crippen molar-refractivity contribution in [3.05, 3.63) is 0 Å². The van der Waals surface area contributed by atoms with Crippen molar-refractivity contribution in [3.63, 3.8) is 0 Å². The van der Waals surface area contributed by atoms with Crippen molar-refractivity contribution in [2.75, 3.05) is 0 Å². The number of ether oxygens (including phenoxy) is 1. The van der Waals surface area contributed by atoms with Crippen LogP contribution in [0.5, 0.6) is 0 Å². The monoisotopic (exact) mass is 168 g/mol. The number of hydrogen-bond acceptors (Lipinski definition) is 1. The molecule has 0 radical (unpaired) electrons. The molecular formula is C7H11F3O. The summed E-state index contributed by atoms with van der Waals surface area (Å²) in [5.41, 5.74) is 0. The van der Waals surface area contributed by atoms with Gasteiger partial charge >= 0.3 is 6.18 Å². The van der Waals surface area contributed by atoms with Crippen LogP contribution in [0.25, 0.3) is 0 Å². The van der Waals surface area contributed by atoms with E-state index in [1.807, 2.05) is 6.92 Å². The summed E-state index contributed by atoms with van der Waals surface area (Å²) in [7, 11) is 0. The van der Waals surface area contributed by atoms with Gasteiger partial charge in [0.05, 0.1) is 6.10 Å². The Morgan fingerprint density at radius 1 is 1.36 bits per heavy atom. The van der Waals surface area contributed by atoms with Crippen LogP contribution in [0.3, 0.4) is 0 Å². The summed E-state index contributed by atoms with van der Waals surface area (Å²) in [6.07, 6.45) is -4.51. The molecule has 2 atom stereocenters. The van der Waals surface area contributed by atoms with E-state index >= 15 is 0 Å². The predicted molar refractivity (Wildman–Crippen MR) is 34.2 cm³/mol. The Balaban J connectivity index is 2.42. The van der Waals surface area contributed by atoms with E-state index in [1.54, 1.807) is 0 Å². The maximum absolute atomic E-state index is 11.9. The minimum Gasteiger partial charge on any atom is -0.366 e. The second-order valence-corrected chi connectivity index (χ2v) is 2.77. The van der Waals surface area contributed by atoms with Crippen LogP contribution in [0.15, 0.2) is 0 Å². The molecule has 0 aromatic carbocycles. The number of alkyl halides is 3. The summed E-state index contributed by atoms with van der Waals surface area (Å²) in [5, 5.41) is 0. The van der Waals surface area contributed by atoms with Crippen LogP contribution < -0.4 is 0 Å². The Kier molecular flexibility index (Phi) is 2.42. The van der Waals surface area contributed by atoms with Gasteiger partial charge in [-0.15, -0.1) is 0 Å². The first-order valence-corrected chi connectivity index (χ1v) is 3.76. The Hall–Kier alpha value is -0.250. The summed E-state index contributed by atoms with van der Waals surface area (Å²) in [4.78, 5) is 0. The van der Waals surface area contributed by atoms with Crippen molar-refractivity contribution >= 4 is 0 Å². The van der Waals surface area contributed by atoms with Gasteiger partial charge in [-0.2, -0.15) is 13.2 Å². The van der Waals surface area contributed by atoms with Gasteiger partial charge in [-0.05, 0) is 19.3 Å². The lowest BCUT2D eigenvalue weighted by Gasteiger charge is -2.15. The minimum absolute atomic E-state index is 0.127. The topological polar surface area (TPSA) is 9.23 Å². The van der Waals surface area contributed by atoms with Crippen LogP contribution in [0.2, 0.25) is 0 Å². The molecule has 0 aliphatic carbocycles. The molecule has 66 valence electrons.